The van der Waals surface area contributed by atoms with Crippen molar-refractivity contribution in [1.29, 1.82) is 0 Å². The Labute approximate surface area is 130 Å². The molecule has 3 aromatic rings. The van der Waals surface area contributed by atoms with Crippen LogP contribution in [0.4, 0.5) is 0 Å². The van der Waals surface area contributed by atoms with E-state index in [9.17, 15) is 4.79 Å². The van der Waals surface area contributed by atoms with Crippen LogP contribution in [0.2, 0.25) is 0 Å². The van der Waals surface area contributed by atoms with Gasteiger partial charge in [0.1, 0.15) is 5.82 Å². The third-order valence-corrected chi connectivity index (χ3v) is 4.01. The number of hydrogen-bond acceptors (Lipinski definition) is 2. The SMILES string of the molecule is O=C(O)CCn1c(-c2ccccc2Br)nc2ccccc21. The predicted octanol–water partition coefficient (Wildman–Crippen LogP) is 3.94. The second-order valence-corrected chi connectivity index (χ2v) is 5.55. The van der Waals surface area contributed by atoms with Crippen LogP contribution >= 0.6 is 15.9 Å². The number of nitrogens with zero attached hydrogens (tertiary/aromatic N) is 2. The average molecular weight is 345 g/mol. The number of aromatic nitrogens is 2. The first-order valence-corrected chi connectivity index (χ1v) is 7.38. The van der Waals surface area contributed by atoms with Gasteiger partial charge in [0.15, 0.2) is 0 Å². The van der Waals surface area contributed by atoms with Gasteiger partial charge in [0, 0.05) is 16.6 Å². The topological polar surface area (TPSA) is 55.1 Å². The van der Waals surface area contributed by atoms with E-state index in [0.717, 1.165) is 26.9 Å². The monoisotopic (exact) mass is 344 g/mol. The molecule has 4 nitrogen and oxygen atoms in total. The summed E-state index contributed by atoms with van der Waals surface area (Å²) < 4.78 is 2.90. The summed E-state index contributed by atoms with van der Waals surface area (Å²) >= 11 is 3.53. The minimum Gasteiger partial charge on any atom is -0.481 e. The molecule has 3 rings (SSSR count). The van der Waals surface area contributed by atoms with Crippen molar-refractivity contribution in [3.8, 4) is 11.4 Å². The minimum atomic E-state index is -0.814. The van der Waals surface area contributed by atoms with Crippen molar-refractivity contribution in [2.24, 2.45) is 0 Å². The Hall–Kier alpha value is -2.14. The molecular formula is C16H13BrN2O2. The fourth-order valence-corrected chi connectivity index (χ4v) is 2.82. The highest BCUT2D eigenvalue weighted by Gasteiger charge is 2.14. The van der Waals surface area contributed by atoms with Gasteiger partial charge in [-0.15, -0.1) is 0 Å². The first-order valence-electron chi connectivity index (χ1n) is 6.59. The molecule has 0 radical (unpaired) electrons. The number of carboxylic acid groups (broad SMARTS) is 1. The van der Waals surface area contributed by atoms with Crippen molar-refractivity contribution in [1.82, 2.24) is 9.55 Å². The number of imidazole rings is 1. The standard InChI is InChI=1S/C16H13BrN2O2/c17-12-6-2-1-5-11(12)16-18-13-7-3-4-8-14(13)19(16)10-9-15(20)21/h1-8H,9-10H2,(H,20,21). The lowest BCUT2D eigenvalue weighted by Gasteiger charge is -2.09. The van der Waals surface area contributed by atoms with Crippen molar-refractivity contribution in [3.63, 3.8) is 0 Å². The van der Waals surface area contributed by atoms with Crippen molar-refractivity contribution in [3.05, 3.63) is 53.0 Å². The molecule has 0 amide bonds. The Balaban J connectivity index is 2.19. The maximum atomic E-state index is 10.9. The van der Waals surface area contributed by atoms with E-state index in [1.54, 1.807) is 0 Å². The molecule has 0 aliphatic heterocycles. The van der Waals surface area contributed by atoms with Gasteiger partial charge < -0.3 is 9.67 Å². The van der Waals surface area contributed by atoms with Crippen LogP contribution in [0.5, 0.6) is 0 Å². The second kappa shape index (κ2) is 5.69. The van der Waals surface area contributed by atoms with Gasteiger partial charge in [0.25, 0.3) is 0 Å². The van der Waals surface area contributed by atoms with Crippen LogP contribution in [0, 0.1) is 0 Å². The Bertz CT molecular complexity index is 811. The number of benzene rings is 2. The molecule has 2 aromatic carbocycles. The highest BCUT2D eigenvalue weighted by Crippen LogP contribution is 2.30. The van der Waals surface area contributed by atoms with Gasteiger partial charge in [0.05, 0.1) is 17.5 Å². The number of fused-ring (bicyclic) bond motifs is 1. The van der Waals surface area contributed by atoms with Gasteiger partial charge in [0.2, 0.25) is 0 Å². The second-order valence-electron chi connectivity index (χ2n) is 4.70. The highest BCUT2D eigenvalue weighted by molar-refractivity contribution is 9.10. The summed E-state index contributed by atoms with van der Waals surface area (Å²) in [6.45, 7) is 0.395. The first-order chi connectivity index (χ1) is 10.2. The third-order valence-electron chi connectivity index (χ3n) is 3.32. The van der Waals surface area contributed by atoms with E-state index in [1.807, 2.05) is 53.1 Å². The van der Waals surface area contributed by atoms with Gasteiger partial charge in [-0.25, -0.2) is 4.98 Å². The molecule has 106 valence electrons. The molecule has 0 saturated heterocycles. The molecular weight excluding hydrogens is 332 g/mol. The summed E-state index contributed by atoms with van der Waals surface area (Å²) in [5, 5.41) is 8.96. The minimum absolute atomic E-state index is 0.0673. The first kappa shape index (κ1) is 13.8. The average Bonchev–Trinajstić information content (AvgIpc) is 2.84. The van der Waals surface area contributed by atoms with E-state index in [2.05, 4.69) is 20.9 Å². The van der Waals surface area contributed by atoms with Crippen LogP contribution in [0.3, 0.4) is 0 Å². The van der Waals surface area contributed by atoms with Gasteiger partial charge in [-0.3, -0.25) is 4.79 Å². The van der Waals surface area contributed by atoms with Crippen LogP contribution < -0.4 is 0 Å². The van der Waals surface area contributed by atoms with E-state index >= 15 is 0 Å². The zero-order valence-corrected chi connectivity index (χ0v) is 12.7. The van der Waals surface area contributed by atoms with Crippen LogP contribution in [-0.4, -0.2) is 20.6 Å². The fourth-order valence-electron chi connectivity index (χ4n) is 2.36. The van der Waals surface area contributed by atoms with Gasteiger partial charge in [-0.1, -0.05) is 46.3 Å². The van der Waals surface area contributed by atoms with Crippen molar-refractivity contribution < 1.29 is 9.90 Å². The maximum absolute atomic E-state index is 10.9. The quantitative estimate of drug-likeness (QED) is 0.779. The third kappa shape index (κ3) is 2.69. The molecule has 21 heavy (non-hydrogen) atoms. The number of carboxylic acids is 1. The van der Waals surface area contributed by atoms with Crippen molar-refractivity contribution in [2.75, 3.05) is 0 Å². The molecule has 0 aliphatic rings. The number of rotatable bonds is 4. The predicted molar refractivity (Wildman–Crippen MR) is 85.1 cm³/mol. The molecule has 1 aromatic heterocycles. The molecule has 0 unspecified atom stereocenters. The van der Waals surface area contributed by atoms with Crippen LogP contribution in [0.1, 0.15) is 6.42 Å². The van der Waals surface area contributed by atoms with Crippen molar-refractivity contribution in [2.45, 2.75) is 13.0 Å². The Morgan fingerprint density at radius 3 is 2.62 bits per heavy atom. The zero-order valence-electron chi connectivity index (χ0n) is 11.2. The van der Waals surface area contributed by atoms with E-state index in [-0.39, 0.29) is 6.42 Å². The number of aryl methyl sites for hydroxylation is 1. The van der Waals surface area contributed by atoms with E-state index in [1.165, 1.54) is 0 Å². The summed E-state index contributed by atoms with van der Waals surface area (Å²) in [6, 6.07) is 15.6. The van der Waals surface area contributed by atoms with E-state index < -0.39 is 5.97 Å². The smallest absolute Gasteiger partial charge is 0.305 e. The molecule has 1 N–H and O–H groups in total. The van der Waals surface area contributed by atoms with E-state index in [0.29, 0.717) is 6.54 Å². The summed E-state index contributed by atoms with van der Waals surface area (Å²) in [6.07, 6.45) is 0.0673. The molecule has 0 fully saturated rings. The lowest BCUT2D eigenvalue weighted by atomic mass is 10.2. The molecule has 0 aliphatic carbocycles. The van der Waals surface area contributed by atoms with Gasteiger partial charge >= 0.3 is 5.97 Å². The normalized spacial score (nSPS) is 10.9. The maximum Gasteiger partial charge on any atom is 0.305 e. The molecule has 0 spiro atoms. The Morgan fingerprint density at radius 1 is 1.14 bits per heavy atom. The largest absolute Gasteiger partial charge is 0.481 e. The molecule has 0 atom stereocenters. The number of hydrogen-bond donors (Lipinski definition) is 1. The Kier molecular flexibility index (Phi) is 3.75. The number of para-hydroxylation sites is 2. The summed E-state index contributed by atoms with van der Waals surface area (Å²) in [7, 11) is 0. The zero-order chi connectivity index (χ0) is 14.8. The van der Waals surface area contributed by atoms with Crippen LogP contribution in [0.25, 0.3) is 22.4 Å². The van der Waals surface area contributed by atoms with E-state index in [4.69, 9.17) is 5.11 Å². The number of carbonyl (C=O) groups is 1. The Morgan fingerprint density at radius 2 is 1.86 bits per heavy atom. The molecule has 0 bridgehead atoms. The lowest BCUT2D eigenvalue weighted by Crippen LogP contribution is -2.06. The summed E-state index contributed by atoms with van der Waals surface area (Å²) in [5.41, 5.74) is 2.78. The van der Waals surface area contributed by atoms with Gasteiger partial charge in [-0.05, 0) is 18.2 Å². The van der Waals surface area contributed by atoms with Crippen LogP contribution in [0.15, 0.2) is 53.0 Å². The highest BCUT2D eigenvalue weighted by atomic mass is 79.9. The van der Waals surface area contributed by atoms with Crippen molar-refractivity contribution >= 4 is 32.9 Å². The number of halogens is 1. The fraction of sp³-hybridized carbons (Fsp3) is 0.125. The number of aliphatic carboxylic acids is 1. The molecule has 5 heteroatoms. The molecule has 0 saturated carbocycles. The van der Waals surface area contributed by atoms with Gasteiger partial charge in [-0.2, -0.15) is 0 Å². The molecule has 1 heterocycles. The van der Waals surface area contributed by atoms with Crippen LogP contribution in [-0.2, 0) is 11.3 Å². The summed E-state index contributed by atoms with van der Waals surface area (Å²) in [4.78, 5) is 15.6. The lowest BCUT2D eigenvalue weighted by molar-refractivity contribution is -0.137. The summed E-state index contributed by atoms with van der Waals surface area (Å²) in [5.74, 6) is -0.0317.